The summed E-state index contributed by atoms with van der Waals surface area (Å²) in [4.78, 5) is 12.7. The van der Waals surface area contributed by atoms with Gasteiger partial charge in [0.2, 0.25) is 0 Å². The molecule has 17 heavy (non-hydrogen) atoms. The lowest BCUT2D eigenvalue weighted by Crippen LogP contribution is -2.13. The van der Waals surface area contributed by atoms with Crippen LogP contribution >= 0.6 is 22.7 Å². The van der Waals surface area contributed by atoms with E-state index < -0.39 is 12.0 Å². The molecule has 0 amide bonds. The van der Waals surface area contributed by atoms with Crippen molar-refractivity contribution in [1.29, 1.82) is 0 Å². The summed E-state index contributed by atoms with van der Waals surface area (Å²) < 4.78 is 0. The molecule has 0 saturated heterocycles. The maximum atomic E-state index is 10.6. The average Bonchev–Trinajstić information content (AvgIpc) is 2.84. The number of hydrogen-bond donors (Lipinski definition) is 2. The van der Waals surface area contributed by atoms with Crippen LogP contribution in [0.3, 0.4) is 0 Å². The predicted molar refractivity (Wildman–Crippen MR) is 71.6 cm³/mol. The van der Waals surface area contributed by atoms with Gasteiger partial charge in [-0.15, -0.1) is 11.3 Å². The van der Waals surface area contributed by atoms with Crippen LogP contribution in [0.1, 0.15) is 22.9 Å². The van der Waals surface area contributed by atoms with Gasteiger partial charge in [-0.05, 0) is 35.4 Å². The van der Waals surface area contributed by atoms with Crippen LogP contribution in [0.25, 0.3) is 10.4 Å². The summed E-state index contributed by atoms with van der Waals surface area (Å²) in [5.74, 6) is -0.862. The molecule has 2 aromatic rings. The van der Waals surface area contributed by atoms with Gasteiger partial charge in [-0.2, -0.15) is 11.3 Å². The molecule has 0 saturated carbocycles. The van der Waals surface area contributed by atoms with Crippen LogP contribution in [-0.2, 0) is 4.79 Å². The van der Waals surface area contributed by atoms with Gasteiger partial charge in [0.25, 0.3) is 0 Å². The number of hydrogen-bond acceptors (Lipinski definition) is 4. The van der Waals surface area contributed by atoms with Crippen LogP contribution in [0, 0.1) is 6.92 Å². The summed E-state index contributed by atoms with van der Waals surface area (Å²) in [6, 6.07) is 3.52. The minimum Gasteiger partial charge on any atom is -0.481 e. The Balaban J connectivity index is 2.22. The largest absolute Gasteiger partial charge is 0.481 e. The highest BCUT2D eigenvalue weighted by Gasteiger charge is 2.14. The molecule has 3 nitrogen and oxygen atoms in total. The van der Waals surface area contributed by atoms with Crippen molar-refractivity contribution in [2.24, 2.45) is 5.73 Å². The number of thiophene rings is 2. The Bertz CT molecular complexity index is 530. The Morgan fingerprint density at radius 3 is 2.82 bits per heavy atom. The standard InChI is InChI=1S/C12H13NO2S2/c1-7-5-16-6-8(7)10-2-3-11(17-10)9(13)4-12(14)15/h2-3,5-6,9H,4,13H2,1H3,(H,14,15). The summed E-state index contributed by atoms with van der Waals surface area (Å²) >= 11 is 3.24. The van der Waals surface area contributed by atoms with Crippen LogP contribution < -0.4 is 5.73 Å². The SMILES string of the molecule is Cc1cscc1-c1ccc(C(N)CC(=O)O)s1. The molecule has 5 heteroatoms. The zero-order valence-electron chi connectivity index (χ0n) is 9.34. The minimum atomic E-state index is -0.862. The predicted octanol–water partition coefficient (Wildman–Crippen LogP) is 3.26. The molecule has 0 aromatic carbocycles. The summed E-state index contributed by atoms with van der Waals surface area (Å²) in [5.41, 5.74) is 8.29. The number of carboxylic acid groups (broad SMARTS) is 1. The van der Waals surface area contributed by atoms with E-state index in [0.29, 0.717) is 0 Å². The molecule has 3 N–H and O–H groups in total. The fourth-order valence-electron chi connectivity index (χ4n) is 1.60. The van der Waals surface area contributed by atoms with E-state index in [2.05, 4.69) is 17.7 Å². The summed E-state index contributed by atoms with van der Waals surface area (Å²) in [6.07, 6.45) is -0.0252. The zero-order valence-corrected chi connectivity index (χ0v) is 11.0. The van der Waals surface area contributed by atoms with Crippen molar-refractivity contribution in [2.45, 2.75) is 19.4 Å². The zero-order chi connectivity index (χ0) is 12.4. The van der Waals surface area contributed by atoms with Crippen LogP contribution in [0.4, 0.5) is 0 Å². The van der Waals surface area contributed by atoms with E-state index in [1.807, 2.05) is 12.1 Å². The van der Waals surface area contributed by atoms with Gasteiger partial charge < -0.3 is 10.8 Å². The van der Waals surface area contributed by atoms with Gasteiger partial charge >= 0.3 is 5.97 Å². The smallest absolute Gasteiger partial charge is 0.305 e. The van der Waals surface area contributed by atoms with Crippen LogP contribution in [-0.4, -0.2) is 11.1 Å². The highest BCUT2D eigenvalue weighted by atomic mass is 32.1. The fourth-order valence-corrected chi connectivity index (χ4v) is 3.61. The molecule has 90 valence electrons. The first-order valence-corrected chi connectivity index (χ1v) is 6.94. The number of aliphatic carboxylic acids is 1. The van der Waals surface area contributed by atoms with E-state index in [4.69, 9.17) is 10.8 Å². The quantitative estimate of drug-likeness (QED) is 0.893. The molecule has 0 fully saturated rings. The van der Waals surface area contributed by atoms with Crippen molar-refractivity contribution in [3.05, 3.63) is 33.3 Å². The van der Waals surface area contributed by atoms with Gasteiger partial charge in [0, 0.05) is 21.4 Å². The third kappa shape index (κ3) is 2.74. The van der Waals surface area contributed by atoms with E-state index in [-0.39, 0.29) is 6.42 Å². The lowest BCUT2D eigenvalue weighted by atomic mass is 10.1. The lowest BCUT2D eigenvalue weighted by molar-refractivity contribution is -0.137. The average molecular weight is 267 g/mol. The van der Waals surface area contributed by atoms with Gasteiger partial charge in [-0.25, -0.2) is 0 Å². The van der Waals surface area contributed by atoms with E-state index in [0.717, 1.165) is 9.75 Å². The third-order valence-corrected chi connectivity index (χ3v) is 4.62. The molecule has 0 aliphatic heterocycles. The van der Waals surface area contributed by atoms with Gasteiger partial charge in [0.05, 0.1) is 6.42 Å². The van der Waals surface area contributed by atoms with Crippen molar-refractivity contribution in [1.82, 2.24) is 0 Å². The van der Waals surface area contributed by atoms with Crippen LogP contribution in [0.15, 0.2) is 22.9 Å². The first-order valence-electron chi connectivity index (χ1n) is 5.18. The molecule has 2 aromatic heterocycles. The van der Waals surface area contributed by atoms with Gasteiger partial charge in [-0.3, -0.25) is 4.79 Å². The molecule has 0 aliphatic carbocycles. The maximum Gasteiger partial charge on any atom is 0.305 e. The lowest BCUT2D eigenvalue weighted by Gasteiger charge is -2.04. The molecule has 1 unspecified atom stereocenters. The number of nitrogens with two attached hydrogens (primary N) is 1. The Labute approximate surface area is 108 Å². The molecule has 1 atom stereocenters. The number of aryl methyl sites for hydroxylation is 1. The topological polar surface area (TPSA) is 63.3 Å². The summed E-state index contributed by atoms with van der Waals surface area (Å²) in [7, 11) is 0. The summed E-state index contributed by atoms with van der Waals surface area (Å²) in [6.45, 7) is 2.07. The molecule has 0 bridgehead atoms. The van der Waals surface area contributed by atoms with Crippen LogP contribution in [0.2, 0.25) is 0 Å². The number of carbonyl (C=O) groups is 1. The molecule has 2 heterocycles. The van der Waals surface area contributed by atoms with Crippen LogP contribution in [0.5, 0.6) is 0 Å². The third-order valence-electron chi connectivity index (χ3n) is 2.51. The Hall–Kier alpha value is -1.17. The summed E-state index contributed by atoms with van der Waals surface area (Å²) in [5, 5.41) is 12.9. The molecule has 2 rings (SSSR count). The second-order valence-electron chi connectivity index (χ2n) is 3.87. The first-order chi connectivity index (χ1) is 8.08. The van der Waals surface area contributed by atoms with Crippen molar-refractivity contribution < 1.29 is 9.90 Å². The number of rotatable bonds is 4. The van der Waals surface area contributed by atoms with Gasteiger partial charge in [0.15, 0.2) is 0 Å². The van der Waals surface area contributed by atoms with E-state index >= 15 is 0 Å². The highest BCUT2D eigenvalue weighted by Crippen LogP contribution is 2.34. The van der Waals surface area contributed by atoms with E-state index in [1.165, 1.54) is 11.1 Å². The van der Waals surface area contributed by atoms with E-state index in [1.54, 1.807) is 22.7 Å². The van der Waals surface area contributed by atoms with E-state index in [9.17, 15) is 4.79 Å². The second-order valence-corrected chi connectivity index (χ2v) is 5.73. The minimum absolute atomic E-state index is 0.0252. The normalized spacial score (nSPS) is 12.6. The second kappa shape index (κ2) is 5.00. The monoisotopic (exact) mass is 267 g/mol. The molecular formula is C12H13NO2S2. The molecular weight excluding hydrogens is 254 g/mol. The van der Waals surface area contributed by atoms with Gasteiger partial charge in [0.1, 0.15) is 0 Å². The first kappa shape index (κ1) is 12.3. The van der Waals surface area contributed by atoms with Crippen molar-refractivity contribution >= 4 is 28.6 Å². The number of carboxylic acids is 1. The Morgan fingerprint density at radius 1 is 1.47 bits per heavy atom. The maximum absolute atomic E-state index is 10.6. The Morgan fingerprint density at radius 2 is 2.24 bits per heavy atom. The van der Waals surface area contributed by atoms with Crippen molar-refractivity contribution in [2.75, 3.05) is 0 Å². The highest BCUT2D eigenvalue weighted by molar-refractivity contribution is 7.16. The molecule has 0 aliphatic rings. The van der Waals surface area contributed by atoms with Crippen molar-refractivity contribution in [3.8, 4) is 10.4 Å². The molecule has 0 radical (unpaired) electrons. The Kier molecular flexibility index (Phi) is 3.61. The van der Waals surface area contributed by atoms with Crippen molar-refractivity contribution in [3.63, 3.8) is 0 Å². The van der Waals surface area contributed by atoms with Gasteiger partial charge in [-0.1, -0.05) is 0 Å². The fraction of sp³-hybridized carbons (Fsp3) is 0.250. The molecule has 0 spiro atoms.